The summed E-state index contributed by atoms with van der Waals surface area (Å²) in [6, 6.07) is 0.404. The van der Waals surface area contributed by atoms with Crippen molar-refractivity contribution >= 4 is 0 Å². The molecule has 1 aromatic rings. The van der Waals surface area contributed by atoms with E-state index in [9.17, 15) is 0 Å². The van der Waals surface area contributed by atoms with Crippen LogP contribution < -0.4 is 5.32 Å². The SMILES string of the molecule is CCCCCCCC(NC)c1nccn1C. The van der Waals surface area contributed by atoms with Gasteiger partial charge in [0.2, 0.25) is 0 Å². The van der Waals surface area contributed by atoms with Crippen molar-refractivity contribution in [3.63, 3.8) is 0 Å². The molecule has 0 radical (unpaired) electrons. The Morgan fingerprint density at radius 2 is 2.06 bits per heavy atom. The van der Waals surface area contributed by atoms with Crippen molar-refractivity contribution in [1.29, 1.82) is 0 Å². The summed E-state index contributed by atoms with van der Waals surface area (Å²) in [5, 5.41) is 3.35. The maximum absolute atomic E-state index is 4.40. The fourth-order valence-electron chi connectivity index (χ4n) is 2.07. The largest absolute Gasteiger partial charge is 0.337 e. The average Bonchev–Trinajstić information content (AvgIpc) is 2.70. The Hall–Kier alpha value is -0.830. The number of aryl methyl sites for hydroxylation is 1. The van der Waals surface area contributed by atoms with Gasteiger partial charge in [-0.15, -0.1) is 0 Å². The number of imidazole rings is 1. The maximum atomic E-state index is 4.40. The van der Waals surface area contributed by atoms with Crippen LogP contribution in [0.2, 0.25) is 0 Å². The van der Waals surface area contributed by atoms with Crippen LogP contribution in [0.3, 0.4) is 0 Å². The Morgan fingerprint density at radius 1 is 1.31 bits per heavy atom. The molecule has 0 fully saturated rings. The van der Waals surface area contributed by atoms with Gasteiger partial charge in [-0.25, -0.2) is 4.98 Å². The van der Waals surface area contributed by atoms with Crippen LogP contribution in [0, 0.1) is 0 Å². The fraction of sp³-hybridized carbons (Fsp3) is 0.769. The van der Waals surface area contributed by atoms with Gasteiger partial charge in [0.05, 0.1) is 6.04 Å². The Bertz CT molecular complexity index is 280. The number of hydrogen-bond acceptors (Lipinski definition) is 2. The molecule has 3 heteroatoms. The monoisotopic (exact) mass is 223 g/mol. The molecule has 0 aliphatic rings. The highest BCUT2D eigenvalue weighted by Gasteiger charge is 2.12. The summed E-state index contributed by atoms with van der Waals surface area (Å²) in [5.74, 6) is 1.15. The molecule has 0 aromatic carbocycles. The average molecular weight is 223 g/mol. The number of nitrogens with zero attached hydrogens (tertiary/aromatic N) is 2. The molecule has 16 heavy (non-hydrogen) atoms. The second-order valence-electron chi connectivity index (χ2n) is 4.44. The summed E-state index contributed by atoms with van der Waals surface area (Å²) >= 11 is 0. The molecular formula is C13H25N3. The minimum Gasteiger partial charge on any atom is -0.337 e. The van der Waals surface area contributed by atoms with Crippen molar-refractivity contribution in [2.24, 2.45) is 7.05 Å². The highest BCUT2D eigenvalue weighted by molar-refractivity contribution is 4.98. The zero-order valence-corrected chi connectivity index (χ0v) is 10.9. The predicted octanol–water partition coefficient (Wildman–Crippen LogP) is 3.04. The minimum atomic E-state index is 0.404. The van der Waals surface area contributed by atoms with E-state index in [4.69, 9.17) is 0 Å². The quantitative estimate of drug-likeness (QED) is 0.686. The Balaban J connectivity index is 2.30. The van der Waals surface area contributed by atoms with Crippen molar-refractivity contribution in [3.05, 3.63) is 18.2 Å². The van der Waals surface area contributed by atoms with Crippen LogP contribution >= 0.6 is 0 Å². The normalized spacial score (nSPS) is 12.9. The van der Waals surface area contributed by atoms with E-state index in [1.165, 1.54) is 38.5 Å². The lowest BCUT2D eigenvalue weighted by Crippen LogP contribution is -2.19. The van der Waals surface area contributed by atoms with E-state index >= 15 is 0 Å². The second kappa shape index (κ2) is 7.44. The molecule has 0 bridgehead atoms. The fourth-order valence-corrected chi connectivity index (χ4v) is 2.07. The highest BCUT2D eigenvalue weighted by Crippen LogP contribution is 2.17. The van der Waals surface area contributed by atoms with E-state index < -0.39 is 0 Å². The van der Waals surface area contributed by atoms with E-state index in [0.29, 0.717) is 6.04 Å². The van der Waals surface area contributed by atoms with Crippen LogP contribution in [-0.4, -0.2) is 16.6 Å². The molecule has 1 heterocycles. The van der Waals surface area contributed by atoms with Crippen LogP contribution in [-0.2, 0) is 7.05 Å². The standard InChI is InChI=1S/C13H25N3/c1-4-5-6-7-8-9-12(14-2)13-15-10-11-16(13)3/h10-12,14H,4-9H2,1-3H3. The molecular weight excluding hydrogens is 198 g/mol. The van der Waals surface area contributed by atoms with Gasteiger partial charge in [0.15, 0.2) is 0 Å². The van der Waals surface area contributed by atoms with Crippen molar-refractivity contribution in [3.8, 4) is 0 Å². The lowest BCUT2D eigenvalue weighted by Gasteiger charge is -2.15. The molecule has 3 nitrogen and oxygen atoms in total. The van der Waals surface area contributed by atoms with E-state index in [1.807, 2.05) is 19.4 Å². The first kappa shape index (κ1) is 13.2. The number of rotatable bonds is 8. The smallest absolute Gasteiger partial charge is 0.125 e. The topological polar surface area (TPSA) is 29.9 Å². The van der Waals surface area contributed by atoms with Gasteiger partial charge in [0.1, 0.15) is 5.82 Å². The van der Waals surface area contributed by atoms with Gasteiger partial charge in [-0.2, -0.15) is 0 Å². The highest BCUT2D eigenvalue weighted by atomic mass is 15.1. The molecule has 1 aromatic heterocycles. The van der Waals surface area contributed by atoms with Gasteiger partial charge in [-0.3, -0.25) is 0 Å². The molecule has 1 rings (SSSR count). The third-order valence-electron chi connectivity index (χ3n) is 3.11. The number of unbranched alkanes of at least 4 members (excludes halogenated alkanes) is 4. The van der Waals surface area contributed by atoms with E-state index in [1.54, 1.807) is 0 Å². The minimum absolute atomic E-state index is 0.404. The molecule has 1 atom stereocenters. The van der Waals surface area contributed by atoms with Gasteiger partial charge < -0.3 is 9.88 Å². The van der Waals surface area contributed by atoms with E-state index in [-0.39, 0.29) is 0 Å². The van der Waals surface area contributed by atoms with Gasteiger partial charge in [0.25, 0.3) is 0 Å². The molecule has 0 spiro atoms. The third-order valence-corrected chi connectivity index (χ3v) is 3.11. The molecule has 1 unspecified atom stereocenters. The molecule has 0 saturated heterocycles. The molecule has 92 valence electrons. The van der Waals surface area contributed by atoms with Crippen LogP contribution in [0.1, 0.15) is 57.3 Å². The first-order valence-corrected chi connectivity index (χ1v) is 6.44. The number of aromatic nitrogens is 2. The zero-order valence-electron chi connectivity index (χ0n) is 10.9. The molecule has 0 saturated carbocycles. The number of nitrogens with one attached hydrogen (secondary N) is 1. The second-order valence-corrected chi connectivity index (χ2v) is 4.44. The summed E-state index contributed by atoms with van der Waals surface area (Å²) in [5.41, 5.74) is 0. The Kier molecular flexibility index (Phi) is 6.16. The first-order chi connectivity index (χ1) is 7.79. The van der Waals surface area contributed by atoms with Gasteiger partial charge in [-0.05, 0) is 13.5 Å². The lowest BCUT2D eigenvalue weighted by atomic mass is 10.1. The summed E-state index contributed by atoms with van der Waals surface area (Å²) in [6.45, 7) is 2.25. The Morgan fingerprint density at radius 3 is 2.62 bits per heavy atom. The van der Waals surface area contributed by atoms with Gasteiger partial charge in [0, 0.05) is 19.4 Å². The van der Waals surface area contributed by atoms with E-state index in [0.717, 1.165) is 5.82 Å². The van der Waals surface area contributed by atoms with Crippen molar-refractivity contribution in [2.75, 3.05) is 7.05 Å². The van der Waals surface area contributed by atoms with Crippen LogP contribution in [0.15, 0.2) is 12.4 Å². The zero-order chi connectivity index (χ0) is 11.8. The van der Waals surface area contributed by atoms with Gasteiger partial charge >= 0.3 is 0 Å². The number of hydrogen-bond donors (Lipinski definition) is 1. The van der Waals surface area contributed by atoms with Crippen molar-refractivity contribution in [1.82, 2.24) is 14.9 Å². The Labute approximate surface area is 99.3 Å². The summed E-state index contributed by atoms with van der Waals surface area (Å²) in [6.07, 6.45) is 11.8. The first-order valence-electron chi connectivity index (χ1n) is 6.44. The van der Waals surface area contributed by atoms with Crippen molar-refractivity contribution in [2.45, 2.75) is 51.5 Å². The summed E-state index contributed by atoms with van der Waals surface area (Å²) in [4.78, 5) is 4.40. The van der Waals surface area contributed by atoms with Crippen LogP contribution in [0.4, 0.5) is 0 Å². The molecule has 0 aliphatic carbocycles. The predicted molar refractivity (Wildman–Crippen MR) is 68.4 cm³/mol. The van der Waals surface area contributed by atoms with Gasteiger partial charge in [-0.1, -0.05) is 39.0 Å². The summed E-state index contributed by atoms with van der Waals surface area (Å²) < 4.78 is 2.10. The molecule has 0 amide bonds. The maximum Gasteiger partial charge on any atom is 0.125 e. The van der Waals surface area contributed by atoms with E-state index in [2.05, 4.69) is 28.8 Å². The lowest BCUT2D eigenvalue weighted by molar-refractivity contribution is 0.471. The molecule has 1 N–H and O–H groups in total. The van der Waals surface area contributed by atoms with Crippen LogP contribution in [0.5, 0.6) is 0 Å². The molecule has 0 aliphatic heterocycles. The third kappa shape index (κ3) is 3.97. The van der Waals surface area contributed by atoms with Crippen LogP contribution in [0.25, 0.3) is 0 Å². The summed E-state index contributed by atoms with van der Waals surface area (Å²) in [7, 11) is 4.08. The van der Waals surface area contributed by atoms with Crippen molar-refractivity contribution < 1.29 is 0 Å².